The smallest absolute Gasteiger partial charge is 0.221 e. The van der Waals surface area contributed by atoms with Crippen molar-refractivity contribution in [2.45, 2.75) is 13.1 Å². The molecule has 5 aromatic rings. The summed E-state index contributed by atoms with van der Waals surface area (Å²) in [5.41, 5.74) is 5.07. The van der Waals surface area contributed by atoms with Gasteiger partial charge in [-0.2, -0.15) is 5.10 Å². The summed E-state index contributed by atoms with van der Waals surface area (Å²) in [7, 11) is 1.67. The molecule has 5 aromatic heterocycles. The van der Waals surface area contributed by atoms with Crippen LogP contribution in [0.25, 0.3) is 28.1 Å². The molecule has 0 atom stereocenters. The van der Waals surface area contributed by atoms with Crippen LogP contribution in [0.2, 0.25) is 0 Å². The fourth-order valence-electron chi connectivity index (χ4n) is 3.15. The van der Waals surface area contributed by atoms with Crippen molar-refractivity contribution in [2.75, 3.05) is 13.7 Å². The number of pyridine rings is 1. The highest BCUT2D eigenvalue weighted by atomic mass is 16.5. The van der Waals surface area contributed by atoms with Gasteiger partial charge in [0.1, 0.15) is 0 Å². The second kappa shape index (κ2) is 6.86. The number of ether oxygens (including phenoxy) is 1. The number of fused-ring (bicyclic) bond motifs is 2. The molecule has 5 rings (SSSR count). The van der Waals surface area contributed by atoms with Gasteiger partial charge in [-0.25, -0.2) is 14.6 Å². The molecular weight excluding hydrogens is 356 g/mol. The Morgan fingerprint density at radius 2 is 2.11 bits per heavy atom. The number of hydrogen-bond acceptors (Lipinski definition) is 6. The van der Waals surface area contributed by atoms with Crippen LogP contribution < -0.4 is 0 Å². The molecule has 0 amide bonds. The predicted molar refractivity (Wildman–Crippen MR) is 103 cm³/mol. The van der Waals surface area contributed by atoms with E-state index in [1.54, 1.807) is 24.2 Å². The minimum absolute atomic E-state index is 0.527. The molecule has 9 nitrogen and oxygen atoms in total. The van der Waals surface area contributed by atoms with Crippen LogP contribution >= 0.6 is 0 Å². The zero-order valence-electron chi connectivity index (χ0n) is 15.3. The molecule has 0 aliphatic heterocycles. The molecule has 0 bridgehead atoms. The fourth-order valence-corrected chi connectivity index (χ4v) is 3.15. The lowest BCUT2D eigenvalue weighted by molar-refractivity contribution is 0.183. The molecule has 0 radical (unpaired) electrons. The Labute approximate surface area is 160 Å². The molecule has 0 aliphatic carbocycles. The average Bonchev–Trinajstić information content (AvgIpc) is 3.46. The minimum atomic E-state index is 0.527. The van der Waals surface area contributed by atoms with Crippen LogP contribution in [0.4, 0.5) is 0 Å². The van der Waals surface area contributed by atoms with Crippen molar-refractivity contribution in [3.63, 3.8) is 0 Å². The standard InChI is InChI=1S/C19H18N8O/c1-28-8-7-26-13-15(10-21-26)17-11-20-18-19(22-17)27(24-23-18)12-14-4-6-25-5-2-3-16(25)9-14/h2-6,9-11,13H,7-8,12H2,1H3. The summed E-state index contributed by atoms with van der Waals surface area (Å²) in [4.78, 5) is 9.14. The fraction of sp³-hybridized carbons (Fsp3) is 0.211. The molecule has 140 valence electrons. The molecule has 9 heteroatoms. The molecule has 28 heavy (non-hydrogen) atoms. The molecule has 0 unspecified atom stereocenters. The zero-order valence-corrected chi connectivity index (χ0v) is 15.3. The summed E-state index contributed by atoms with van der Waals surface area (Å²) >= 11 is 0. The third kappa shape index (κ3) is 3.01. The van der Waals surface area contributed by atoms with E-state index in [2.05, 4.69) is 43.0 Å². The van der Waals surface area contributed by atoms with E-state index in [-0.39, 0.29) is 0 Å². The van der Waals surface area contributed by atoms with E-state index < -0.39 is 0 Å². The van der Waals surface area contributed by atoms with Gasteiger partial charge >= 0.3 is 0 Å². The topological polar surface area (TPSA) is 88.0 Å². The molecular formula is C19H18N8O. The Morgan fingerprint density at radius 1 is 1.14 bits per heavy atom. The van der Waals surface area contributed by atoms with Crippen molar-refractivity contribution in [2.24, 2.45) is 0 Å². The van der Waals surface area contributed by atoms with E-state index in [4.69, 9.17) is 9.72 Å². The van der Waals surface area contributed by atoms with Crippen LogP contribution in [0.15, 0.2) is 55.2 Å². The van der Waals surface area contributed by atoms with Crippen LogP contribution in [-0.2, 0) is 17.8 Å². The molecule has 0 aliphatic rings. The largest absolute Gasteiger partial charge is 0.383 e. The van der Waals surface area contributed by atoms with E-state index in [0.29, 0.717) is 31.0 Å². The maximum atomic E-state index is 5.09. The first-order valence-electron chi connectivity index (χ1n) is 8.94. The van der Waals surface area contributed by atoms with Crippen molar-refractivity contribution >= 4 is 16.8 Å². The second-order valence-electron chi connectivity index (χ2n) is 6.51. The number of methoxy groups -OCH3 is 1. The normalized spacial score (nSPS) is 11.6. The summed E-state index contributed by atoms with van der Waals surface area (Å²) < 4.78 is 10.8. The quantitative estimate of drug-likeness (QED) is 0.452. The minimum Gasteiger partial charge on any atom is -0.383 e. The van der Waals surface area contributed by atoms with Gasteiger partial charge in [-0.05, 0) is 29.8 Å². The summed E-state index contributed by atoms with van der Waals surface area (Å²) in [5.74, 6) is 0. The Morgan fingerprint density at radius 3 is 3.04 bits per heavy atom. The third-order valence-electron chi connectivity index (χ3n) is 4.61. The Balaban J connectivity index is 1.46. The van der Waals surface area contributed by atoms with Crippen LogP contribution in [0.1, 0.15) is 5.56 Å². The number of aromatic nitrogens is 8. The first kappa shape index (κ1) is 16.6. The van der Waals surface area contributed by atoms with Crippen molar-refractivity contribution in [1.82, 2.24) is 39.1 Å². The Hall–Kier alpha value is -3.59. The lowest BCUT2D eigenvalue weighted by atomic mass is 10.2. The maximum absolute atomic E-state index is 5.09. The molecule has 0 aromatic carbocycles. The zero-order chi connectivity index (χ0) is 18.9. The lowest BCUT2D eigenvalue weighted by Gasteiger charge is -2.04. The summed E-state index contributed by atoms with van der Waals surface area (Å²) in [5, 5.41) is 12.7. The third-order valence-corrected chi connectivity index (χ3v) is 4.61. The van der Waals surface area contributed by atoms with E-state index in [9.17, 15) is 0 Å². The second-order valence-corrected chi connectivity index (χ2v) is 6.51. The lowest BCUT2D eigenvalue weighted by Crippen LogP contribution is -2.04. The summed E-state index contributed by atoms with van der Waals surface area (Å²) in [6.07, 6.45) is 9.47. The van der Waals surface area contributed by atoms with Crippen molar-refractivity contribution in [3.8, 4) is 11.3 Å². The molecule has 0 N–H and O–H groups in total. The van der Waals surface area contributed by atoms with Crippen LogP contribution in [0, 0.1) is 0 Å². The highest BCUT2D eigenvalue weighted by Crippen LogP contribution is 2.18. The van der Waals surface area contributed by atoms with Crippen LogP contribution in [-0.4, -0.2) is 52.9 Å². The first-order valence-corrected chi connectivity index (χ1v) is 8.94. The van der Waals surface area contributed by atoms with Gasteiger partial charge in [0.25, 0.3) is 0 Å². The van der Waals surface area contributed by atoms with Crippen LogP contribution in [0.3, 0.4) is 0 Å². The monoisotopic (exact) mass is 374 g/mol. The molecule has 5 heterocycles. The highest BCUT2D eigenvalue weighted by molar-refractivity contribution is 5.69. The number of nitrogens with zero attached hydrogens (tertiary/aromatic N) is 8. The van der Waals surface area contributed by atoms with Crippen molar-refractivity contribution < 1.29 is 4.74 Å². The van der Waals surface area contributed by atoms with Gasteiger partial charge in [0.2, 0.25) is 5.65 Å². The predicted octanol–water partition coefficient (Wildman–Crippen LogP) is 2.03. The van der Waals surface area contributed by atoms with Gasteiger partial charge in [0, 0.05) is 36.8 Å². The van der Waals surface area contributed by atoms with E-state index in [0.717, 1.165) is 22.3 Å². The molecule has 0 saturated heterocycles. The van der Waals surface area contributed by atoms with Gasteiger partial charge < -0.3 is 9.14 Å². The first-order chi connectivity index (χ1) is 13.8. The van der Waals surface area contributed by atoms with E-state index in [1.807, 2.05) is 29.3 Å². The van der Waals surface area contributed by atoms with Gasteiger partial charge in [0.15, 0.2) is 5.65 Å². The Kier molecular flexibility index (Phi) is 4.06. The highest BCUT2D eigenvalue weighted by Gasteiger charge is 2.12. The number of hydrogen-bond donors (Lipinski definition) is 0. The molecule has 0 saturated carbocycles. The maximum Gasteiger partial charge on any atom is 0.221 e. The van der Waals surface area contributed by atoms with Crippen molar-refractivity contribution in [3.05, 3.63) is 60.8 Å². The summed E-state index contributed by atoms with van der Waals surface area (Å²) in [6, 6.07) is 8.29. The van der Waals surface area contributed by atoms with E-state index >= 15 is 0 Å². The van der Waals surface area contributed by atoms with Gasteiger partial charge in [0.05, 0.1) is 37.8 Å². The Bertz CT molecular complexity index is 1250. The molecule has 0 spiro atoms. The van der Waals surface area contributed by atoms with Gasteiger partial charge in [-0.3, -0.25) is 4.68 Å². The summed E-state index contributed by atoms with van der Waals surface area (Å²) in [6.45, 7) is 1.87. The van der Waals surface area contributed by atoms with Crippen LogP contribution in [0.5, 0.6) is 0 Å². The molecule has 0 fully saturated rings. The van der Waals surface area contributed by atoms with E-state index in [1.165, 1.54) is 0 Å². The number of rotatable bonds is 6. The SMILES string of the molecule is COCCn1cc(-c2cnc3nnn(Cc4ccn5cccc5c4)c3n2)cn1. The average molecular weight is 374 g/mol. The van der Waals surface area contributed by atoms with Gasteiger partial charge in [-0.1, -0.05) is 5.21 Å². The van der Waals surface area contributed by atoms with Gasteiger partial charge in [-0.15, -0.1) is 5.10 Å². The van der Waals surface area contributed by atoms with Crippen molar-refractivity contribution in [1.29, 1.82) is 0 Å².